The number of guanidine groups is 1. The Bertz CT molecular complexity index is 595. The minimum atomic E-state index is -0.167. The van der Waals surface area contributed by atoms with Gasteiger partial charge in [-0.3, -0.25) is 9.89 Å². The Balaban J connectivity index is 0.00000338. The first-order valence-corrected chi connectivity index (χ1v) is 9.10. The minimum absolute atomic E-state index is 0. The molecule has 0 bridgehead atoms. The number of nitrogens with one attached hydrogen (secondary N) is 2. The molecule has 0 aliphatic carbocycles. The largest absolute Gasteiger partial charge is 0.357 e. The van der Waals surface area contributed by atoms with Crippen LogP contribution in [-0.4, -0.2) is 68.6 Å². The second kappa shape index (κ2) is 11.0. The highest BCUT2D eigenvalue weighted by Crippen LogP contribution is 2.16. The zero-order valence-corrected chi connectivity index (χ0v) is 18.9. The molecular formula is C19H33FIN5. The molecule has 0 spiro atoms. The maximum Gasteiger partial charge on any atom is 0.191 e. The van der Waals surface area contributed by atoms with Crippen molar-refractivity contribution in [2.45, 2.75) is 32.9 Å². The maximum absolute atomic E-state index is 13.8. The van der Waals surface area contributed by atoms with E-state index in [0.717, 1.165) is 44.2 Å². The van der Waals surface area contributed by atoms with Crippen LogP contribution in [0.1, 0.15) is 31.0 Å². The van der Waals surface area contributed by atoms with Gasteiger partial charge in [0.05, 0.1) is 12.6 Å². The van der Waals surface area contributed by atoms with Gasteiger partial charge in [-0.1, -0.05) is 12.1 Å². The first-order chi connectivity index (χ1) is 11.9. The van der Waals surface area contributed by atoms with Gasteiger partial charge in [0.25, 0.3) is 0 Å². The van der Waals surface area contributed by atoms with Crippen LogP contribution in [0.25, 0.3) is 0 Å². The van der Waals surface area contributed by atoms with Crippen LogP contribution in [0.3, 0.4) is 0 Å². The van der Waals surface area contributed by atoms with Crippen LogP contribution in [0.15, 0.2) is 23.2 Å². The fourth-order valence-electron chi connectivity index (χ4n) is 2.98. The lowest BCUT2D eigenvalue weighted by atomic mass is 10.1. The van der Waals surface area contributed by atoms with Gasteiger partial charge in [0.2, 0.25) is 0 Å². The Morgan fingerprint density at radius 3 is 2.73 bits per heavy atom. The van der Waals surface area contributed by atoms with E-state index >= 15 is 0 Å². The van der Waals surface area contributed by atoms with Gasteiger partial charge >= 0.3 is 0 Å². The summed E-state index contributed by atoms with van der Waals surface area (Å²) < 4.78 is 13.8. The van der Waals surface area contributed by atoms with E-state index in [1.165, 1.54) is 0 Å². The number of benzene rings is 1. The van der Waals surface area contributed by atoms with Crippen molar-refractivity contribution in [3.63, 3.8) is 0 Å². The van der Waals surface area contributed by atoms with Crippen LogP contribution in [-0.2, 0) is 0 Å². The average Bonchev–Trinajstić information content (AvgIpc) is 2.58. The van der Waals surface area contributed by atoms with E-state index in [2.05, 4.69) is 34.5 Å². The number of piperazine rings is 1. The van der Waals surface area contributed by atoms with Crippen LogP contribution in [0.5, 0.6) is 0 Å². The third-order valence-corrected chi connectivity index (χ3v) is 4.83. The van der Waals surface area contributed by atoms with E-state index in [1.54, 1.807) is 13.0 Å². The Hall–Kier alpha value is -0.930. The molecule has 1 heterocycles. The van der Waals surface area contributed by atoms with E-state index in [1.807, 2.05) is 26.0 Å². The SMILES string of the molecule is CCNC(=NCC1CN(C)CCN1C)NC(C)c1ccc(C)c(F)c1.I. The minimum Gasteiger partial charge on any atom is -0.357 e. The van der Waals surface area contributed by atoms with E-state index < -0.39 is 0 Å². The van der Waals surface area contributed by atoms with E-state index in [0.29, 0.717) is 11.6 Å². The van der Waals surface area contributed by atoms with Crippen LogP contribution >= 0.6 is 24.0 Å². The molecule has 0 saturated carbocycles. The third-order valence-electron chi connectivity index (χ3n) is 4.83. The van der Waals surface area contributed by atoms with Crippen LogP contribution < -0.4 is 10.6 Å². The number of aliphatic imine (C=N–C) groups is 1. The summed E-state index contributed by atoms with van der Waals surface area (Å²) in [7, 11) is 4.31. The average molecular weight is 477 g/mol. The third kappa shape index (κ3) is 6.66. The van der Waals surface area contributed by atoms with Crippen LogP contribution in [0.4, 0.5) is 4.39 Å². The standard InChI is InChI=1S/C19H32FN5.HI/c1-6-21-19(22-12-17-13-24(4)9-10-25(17)5)23-15(3)16-8-7-14(2)18(20)11-16;/h7-8,11,15,17H,6,9-10,12-13H2,1-5H3,(H2,21,22,23);1H. The summed E-state index contributed by atoms with van der Waals surface area (Å²) >= 11 is 0. The summed E-state index contributed by atoms with van der Waals surface area (Å²) in [6.45, 7) is 10.6. The lowest BCUT2D eigenvalue weighted by Gasteiger charge is -2.37. The second-order valence-electron chi connectivity index (χ2n) is 6.99. The van der Waals surface area contributed by atoms with Crippen molar-refractivity contribution < 1.29 is 4.39 Å². The molecule has 1 aromatic rings. The number of halogens is 2. The molecule has 26 heavy (non-hydrogen) atoms. The van der Waals surface area contributed by atoms with Crippen molar-refractivity contribution in [2.75, 3.05) is 46.8 Å². The number of aryl methyl sites for hydroxylation is 1. The van der Waals surface area contributed by atoms with E-state index in [-0.39, 0.29) is 35.8 Å². The summed E-state index contributed by atoms with van der Waals surface area (Å²) in [5.41, 5.74) is 1.59. The highest BCUT2D eigenvalue weighted by atomic mass is 127. The van der Waals surface area contributed by atoms with Gasteiger partial charge in [0.15, 0.2) is 5.96 Å². The lowest BCUT2D eigenvalue weighted by molar-refractivity contribution is 0.119. The smallest absolute Gasteiger partial charge is 0.191 e. The number of likely N-dealkylation sites (N-methyl/N-ethyl adjacent to an activating group) is 2. The molecule has 1 saturated heterocycles. The molecule has 1 aliphatic rings. The van der Waals surface area contributed by atoms with Crippen LogP contribution in [0.2, 0.25) is 0 Å². The van der Waals surface area contributed by atoms with Gasteiger partial charge in [-0.05, 0) is 52.1 Å². The Morgan fingerprint density at radius 2 is 2.08 bits per heavy atom. The van der Waals surface area contributed by atoms with Crippen LogP contribution in [0, 0.1) is 12.7 Å². The Labute approximate surface area is 174 Å². The molecule has 1 fully saturated rings. The van der Waals surface area contributed by atoms with E-state index in [9.17, 15) is 4.39 Å². The second-order valence-corrected chi connectivity index (χ2v) is 6.99. The number of nitrogens with zero attached hydrogens (tertiary/aromatic N) is 3. The molecule has 7 heteroatoms. The summed E-state index contributed by atoms with van der Waals surface area (Å²) in [5, 5.41) is 6.67. The Kier molecular flexibility index (Phi) is 9.81. The van der Waals surface area contributed by atoms with Crippen molar-refractivity contribution in [2.24, 2.45) is 4.99 Å². The first kappa shape index (κ1) is 23.1. The van der Waals surface area contributed by atoms with Gasteiger partial charge in [0, 0.05) is 32.2 Å². The number of rotatable bonds is 5. The van der Waals surface area contributed by atoms with Crippen molar-refractivity contribution in [1.82, 2.24) is 20.4 Å². The summed E-state index contributed by atoms with van der Waals surface area (Å²) in [5.74, 6) is 0.609. The summed E-state index contributed by atoms with van der Waals surface area (Å²) in [4.78, 5) is 9.47. The van der Waals surface area contributed by atoms with E-state index in [4.69, 9.17) is 4.99 Å². The lowest BCUT2D eigenvalue weighted by Crippen LogP contribution is -2.51. The van der Waals surface area contributed by atoms with Gasteiger partial charge < -0.3 is 15.5 Å². The highest BCUT2D eigenvalue weighted by molar-refractivity contribution is 14.0. The molecule has 5 nitrogen and oxygen atoms in total. The molecule has 2 N–H and O–H groups in total. The first-order valence-electron chi connectivity index (χ1n) is 9.10. The molecule has 0 aromatic heterocycles. The normalized spacial score (nSPS) is 20.4. The van der Waals surface area contributed by atoms with Gasteiger partial charge in [0.1, 0.15) is 5.82 Å². The predicted octanol–water partition coefficient (Wildman–Crippen LogP) is 2.61. The predicted molar refractivity (Wildman–Crippen MR) is 118 cm³/mol. The molecule has 1 aromatic carbocycles. The van der Waals surface area contributed by atoms with Crippen molar-refractivity contribution >= 4 is 29.9 Å². The summed E-state index contributed by atoms with van der Waals surface area (Å²) in [6.07, 6.45) is 0. The zero-order valence-electron chi connectivity index (χ0n) is 16.6. The maximum atomic E-state index is 13.8. The quantitative estimate of drug-likeness (QED) is 0.389. The van der Waals surface area contributed by atoms with Crippen molar-refractivity contribution in [3.05, 3.63) is 35.1 Å². The molecular weight excluding hydrogens is 444 g/mol. The molecule has 2 unspecified atom stereocenters. The fourth-order valence-corrected chi connectivity index (χ4v) is 2.98. The number of hydrogen-bond donors (Lipinski definition) is 2. The molecule has 0 amide bonds. The van der Waals surface area contributed by atoms with Gasteiger partial charge in [-0.15, -0.1) is 24.0 Å². The molecule has 2 atom stereocenters. The summed E-state index contributed by atoms with van der Waals surface area (Å²) in [6, 6.07) is 5.78. The van der Waals surface area contributed by atoms with Crippen molar-refractivity contribution in [1.29, 1.82) is 0 Å². The highest BCUT2D eigenvalue weighted by Gasteiger charge is 2.22. The Morgan fingerprint density at radius 1 is 1.35 bits per heavy atom. The monoisotopic (exact) mass is 477 g/mol. The number of hydrogen-bond acceptors (Lipinski definition) is 3. The van der Waals surface area contributed by atoms with Crippen molar-refractivity contribution in [3.8, 4) is 0 Å². The van der Waals surface area contributed by atoms with Gasteiger partial charge in [-0.25, -0.2) is 4.39 Å². The molecule has 1 aliphatic heterocycles. The topological polar surface area (TPSA) is 42.9 Å². The zero-order chi connectivity index (χ0) is 18.4. The molecule has 0 radical (unpaired) electrons. The molecule has 2 rings (SSSR count). The molecule has 148 valence electrons. The van der Waals surface area contributed by atoms with Gasteiger partial charge in [-0.2, -0.15) is 0 Å². The fraction of sp³-hybridized carbons (Fsp3) is 0.632.